The Balaban J connectivity index is 1.90. The smallest absolute Gasteiger partial charge is 0.255 e. The number of ether oxygens (including phenoxy) is 1. The number of nitrogens with one attached hydrogen (secondary N) is 1. The molecule has 1 aliphatic rings. The standard InChI is InChI=1S/C17H27ClN4O2/c1-4-13(2)21(3)6-5-19-16-15(18)11-14(12-20-16)17(23)22-7-9-24-10-8-22/h11-13H,4-10H2,1-3H3,(H,19,20)/t13-/m0/s1. The number of amides is 1. The summed E-state index contributed by atoms with van der Waals surface area (Å²) in [5.74, 6) is 0.573. The van der Waals surface area contributed by atoms with E-state index in [4.69, 9.17) is 16.3 Å². The molecule has 1 atom stereocenters. The van der Waals surface area contributed by atoms with Crippen molar-refractivity contribution in [1.82, 2.24) is 14.8 Å². The van der Waals surface area contributed by atoms with Crippen LogP contribution in [0.2, 0.25) is 5.02 Å². The van der Waals surface area contributed by atoms with Crippen molar-refractivity contribution >= 4 is 23.3 Å². The maximum atomic E-state index is 12.4. The highest BCUT2D eigenvalue weighted by Gasteiger charge is 2.19. The van der Waals surface area contributed by atoms with Gasteiger partial charge in [-0.2, -0.15) is 0 Å². The number of carbonyl (C=O) groups excluding carboxylic acids is 1. The molecule has 1 amide bonds. The molecule has 7 heteroatoms. The molecule has 0 saturated carbocycles. The fourth-order valence-corrected chi connectivity index (χ4v) is 2.75. The Kier molecular flexibility index (Phi) is 7.27. The van der Waals surface area contributed by atoms with Gasteiger partial charge in [0.1, 0.15) is 5.82 Å². The van der Waals surface area contributed by atoms with Gasteiger partial charge in [-0.05, 0) is 26.5 Å². The summed E-state index contributed by atoms with van der Waals surface area (Å²) in [6.45, 7) is 8.42. The van der Waals surface area contributed by atoms with E-state index in [9.17, 15) is 4.79 Å². The van der Waals surface area contributed by atoms with Gasteiger partial charge in [0.15, 0.2) is 0 Å². The third-order valence-electron chi connectivity index (χ3n) is 4.49. The second-order valence-corrected chi connectivity index (χ2v) is 6.53. The van der Waals surface area contributed by atoms with Gasteiger partial charge in [-0.1, -0.05) is 18.5 Å². The Morgan fingerprint density at radius 2 is 2.21 bits per heavy atom. The maximum Gasteiger partial charge on any atom is 0.255 e. The van der Waals surface area contributed by atoms with Crippen molar-refractivity contribution in [3.05, 3.63) is 22.8 Å². The van der Waals surface area contributed by atoms with Crippen LogP contribution in [0.3, 0.4) is 0 Å². The first-order valence-electron chi connectivity index (χ1n) is 8.49. The summed E-state index contributed by atoms with van der Waals surface area (Å²) in [5, 5.41) is 3.71. The number of hydrogen-bond donors (Lipinski definition) is 1. The summed E-state index contributed by atoms with van der Waals surface area (Å²) in [6.07, 6.45) is 2.71. The van der Waals surface area contributed by atoms with E-state index in [1.165, 1.54) is 0 Å². The summed E-state index contributed by atoms with van der Waals surface area (Å²) < 4.78 is 5.27. The van der Waals surface area contributed by atoms with E-state index in [1.54, 1.807) is 17.2 Å². The Hall–Kier alpha value is -1.37. The molecule has 0 unspecified atom stereocenters. The minimum absolute atomic E-state index is 0.0456. The van der Waals surface area contributed by atoms with Crippen molar-refractivity contribution in [3.63, 3.8) is 0 Å². The molecule has 0 bridgehead atoms. The molecule has 6 nitrogen and oxygen atoms in total. The Labute approximate surface area is 149 Å². The van der Waals surface area contributed by atoms with Gasteiger partial charge in [0.25, 0.3) is 5.91 Å². The van der Waals surface area contributed by atoms with Crippen molar-refractivity contribution in [2.24, 2.45) is 0 Å². The number of anilines is 1. The van der Waals surface area contributed by atoms with Gasteiger partial charge in [0.05, 0.1) is 23.8 Å². The highest BCUT2D eigenvalue weighted by molar-refractivity contribution is 6.33. The minimum atomic E-state index is -0.0456. The predicted octanol–water partition coefficient (Wildman–Crippen LogP) is 2.35. The molecule has 0 aromatic carbocycles. The molecule has 1 aliphatic heterocycles. The second kappa shape index (κ2) is 9.20. The lowest BCUT2D eigenvalue weighted by Crippen LogP contribution is -2.40. The van der Waals surface area contributed by atoms with Gasteiger partial charge in [-0.3, -0.25) is 4.79 Å². The molecule has 134 valence electrons. The van der Waals surface area contributed by atoms with Crippen LogP contribution in [0.15, 0.2) is 12.3 Å². The van der Waals surface area contributed by atoms with Crippen LogP contribution < -0.4 is 5.32 Å². The Bertz CT molecular complexity index is 549. The highest BCUT2D eigenvalue weighted by atomic mass is 35.5. The number of rotatable bonds is 7. The first kappa shape index (κ1) is 19.0. The van der Waals surface area contributed by atoms with Crippen LogP contribution in [0.4, 0.5) is 5.82 Å². The zero-order valence-electron chi connectivity index (χ0n) is 14.7. The molecular weight excluding hydrogens is 328 g/mol. The molecule has 24 heavy (non-hydrogen) atoms. The zero-order chi connectivity index (χ0) is 17.5. The molecule has 1 fully saturated rings. The maximum absolute atomic E-state index is 12.4. The van der Waals surface area contributed by atoms with Gasteiger partial charge in [0, 0.05) is 38.4 Å². The molecule has 0 radical (unpaired) electrons. The van der Waals surface area contributed by atoms with Crippen molar-refractivity contribution in [3.8, 4) is 0 Å². The summed E-state index contributed by atoms with van der Waals surface area (Å²) in [7, 11) is 2.11. The summed E-state index contributed by atoms with van der Waals surface area (Å²) in [4.78, 5) is 20.8. The van der Waals surface area contributed by atoms with Crippen LogP contribution in [0, 0.1) is 0 Å². The predicted molar refractivity (Wildman–Crippen MR) is 96.8 cm³/mol. The quantitative estimate of drug-likeness (QED) is 0.814. The van der Waals surface area contributed by atoms with Crippen LogP contribution in [0.1, 0.15) is 30.6 Å². The third-order valence-corrected chi connectivity index (χ3v) is 4.77. The number of halogens is 1. The molecule has 0 aliphatic carbocycles. The van der Waals surface area contributed by atoms with Crippen molar-refractivity contribution in [1.29, 1.82) is 0 Å². The van der Waals surface area contributed by atoms with Gasteiger partial charge in [0.2, 0.25) is 0 Å². The fourth-order valence-electron chi connectivity index (χ4n) is 2.52. The normalized spacial score (nSPS) is 16.3. The number of aromatic nitrogens is 1. The van der Waals surface area contributed by atoms with Crippen molar-refractivity contribution in [2.75, 3.05) is 51.8 Å². The number of carbonyl (C=O) groups is 1. The molecule has 2 rings (SSSR count). The average molecular weight is 355 g/mol. The van der Waals surface area contributed by atoms with Crippen molar-refractivity contribution < 1.29 is 9.53 Å². The molecule has 1 aromatic rings. The third kappa shape index (κ3) is 5.06. The lowest BCUT2D eigenvalue weighted by Gasteiger charge is -2.27. The molecule has 1 aromatic heterocycles. The number of pyridine rings is 1. The molecule has 0 spiro atoms. The van der Waals surface area contributed by atoms with Gasteiger partial charge < -0.3 is 19.9 Å². The Morgan fingerprint density at radius 3 is 2.83 bits per heavy atom. The number of hydrogen-bond acceptors (Lipinski definition) is 5. The average Bonchev–Trinajstić information content (AvgIpc) is 2.62. The topological polar surface area (TPSA) is 57.7 Å². The van der Waals surface area contributed by atoms with E-state index in [0.29, 0.717) is 48.7 Å². The molecule has 1 N–H and O–H groups in total. The first-order valence-corrected chi connectivity index (χ1v) is 8.87. The van der Waals surface area contributed by atoms with Crippen LogP contribution in [-0.4, -0.2) is 73.2 Å². The largest absolute Gasteiger partial charge is 0.378 e. The van der Waals surface area contributed by atoms with Crippen LogP contribution in [-0.2, 0) is 4.74 Å². The molecule has 1 saturated heterocycles. The lowest BCUT2D eigenvalue weighted by atomic mass is 10.2. The van der Waals surface area contributed by atoms with Crippen LogP contribution >= 0.6 is 11.6 Å². The number of nitrogens with zero attached hydrogens (tertiary/aromatic N) is 3. The van der Waals surface area contributed by atoms with Crippen LogP contribution in [0.5, 0.6) is 0 Å². The number of likely N-dealkylation sites (N-methyl/N-ethyl adjacent to an activating group) is 1. The van der Waals surface area contributed by atoms with E-state index >= 15 is 0 Å². The first-order chi connectivity index (χ1) is 11.5. The SMILES string of the molecule is CC[C@H](C)N(C)CCNc1ncc(C(=O)N2CCOCC2)cc1Cl. The molecular formula is C17H27ClN4O2. The van der Waals surface area contributed by atoms with E-state index in [1.807, 2.05) is 0 Å². The van der Waals surface area contributed by atoms with Gasteiger partial charge >= 0.3 is 0 Å². The van der Waals surface area contributed by atoms with E-state index < -0.39 is 0 Å². The summed E-state index contributed by atoms with van der Waals surface area (Å²) in [5.41, 5.74) is 0.518. The Morgan fingerprint density at radius 1 is 1.50 bits per heavy atom. The van der Waals surface area contributed by atoms with Gasteiger partial charge in [-0.15, -0.1) is 0 Å². The lowest BCUT2D eigenvalue weighted by molar-refractivity contribution is 0.0302. The molecule has 2 heterocycles. The fraction of sp³-hybridized carbons (Fsp3) is 0.647. The second-order valence-electron chi connectivity index (χ2n) is 6.12. The van der Waals surface area contributed by atoms with E-state index in [-0.39, 0.29) is 5.91 Å². The van der Waals surface area contributed by atoms with Crippen molar-refractivity contribution in [2.45, 2.75) is 26.3 Å². The highest BCUT2D eigenvalue weighted by Crippen LogP contribution is 2.21. The number of morpholine rings is 1. The minimum Gasteiger partial charge on any atom is -0.378 e. The monoisotopic (exact) mass is 354 g/mol. The summed E-state index contributed by atoms with van der Waals surface area (Å²) >= 11 is 6.28. The summed E-state index contributed by atoms with van der Waals surface area (Å²) in [6, 6.07) is 2.23. The van der Waals surface area contributed by atoms with Gasteiger partial charge in [-0.25, -0.2) is 4.98 Å². The van der Waals surface area contributed by atoms with E-state index in [2.05, 4.69) is 36.1 Å². The zero-order valence-corrected chi connectivity index (χ0v) is 15.5. The van der Waals surface area contributed by atoms with E-state index in [0.717, 1.165) is 19.5 Å². The van der Waals surface area contributed by atoms with Crippen LogP contribution in [0.25, 0.3) is 0 Å².